The lowest BCUT2D eigenvalue weighted by Gasteiger charge is -2.25. The SMILES string of the molecule is COc1ccc(C2CCCN2C(=O)CCl)c(OC)c1. The van der Waals surface area contributed by atoms with Gasteiger partial charge in [-0.05, 0) is 25.0 Å². The van der Waals surface area contributed by atoms with Gasteiger partial charge < -0.3 is 14.4 Å². The van der Waals surface area contributed by atoms with Crippen LogP contribution in [0.5, 0.6) is 11.5 Å². The second kappa shape index (κ2) is 6.15. The number of rotatable bonds is 4. The molecule has 1 saturated heterocycles. The van der Waals surface area contributed by atoms with Crippen molar-refractivity contribution >= 4 is 17.5 Å². The number of alkyl halides is 1. The van der Waals surface area contributed by atoms with Crippen LogP contribution in [-0.2, 0) is 4.79 Å². The Morgan fingerprint density at radius 3 is 2.84 bits per heavy atom. The zero-order valence-corrected chi connectivity index (χ0v) is 11.9. The molecule has 5 heteroatoms. The lowest BCUT2D eigenvalue weighted by atomic mass is 10.0. The summed E-state index contributed by atoms with van der Waals surface area (Å²) in [5, 5.41) is 0. The molecular weight excluding hydrogens is 266 g/mol. The van der Waals surface area contributed by atoms with Gasteiger partial charge in [0.25, 0.3) is 0 Å². The van der Waals surface area contributed by atoms with Gasteiger partial charge in [0.1, 0.15) is 17.4 Å². The minimum Gasteiger partial charge on any atom is -0.497 e. The number of halogens is 1. The highest BCUT2D eigenvalue weighted by Gasteiger charge is 2.31. The topological polar surface area (TPSA) is 38.8 Å². The second-order valence-electron chi connectivity index (χ2n) is 4.49. The molecule has 1 unspecified atom stereocenters. The second-order valence-corrected chi connectivity index (χ2v) is 4.75. The smallest absolute Gasteiger partial charge is 0.238 e. The maximum atomic E-state index is 11.8. The van der Waals surface area contributed by atoms with E-state index in [1.165, 1.54) is 0 Å². The third-order valence-electron chi connectivity index (χ3n) is 3.49. The number of nitrogens with zero attached hydrogens (tertiary/aromatic N) is 1. The number of ether oxygens (including phenoxy) is 2. The summed E-state index contributed by atoms with van der Waals surface area (Å²) in [5.74, 6) is 1.49. The van der Waals surface area contributed by atoms with Crippen molar-refractivity contribution in [1.82, 2.24) is 4.90 Å². The van der Waals surface area contributed by atoms with Gasteiger partial charge in [-0.2, -0.15) is 0 Å². The Labute approximate surface area is 118 Å². The quantitative estimate of drug-likeness (QED) is 0.798. The van der Waals surface area contributed by atoms with Gasteiger partial charge in [-0.25, -0.2) is 0 Å². The molecule has 104 valence electrons. The van der Waals surface area contributed by atoms with Crippen LogP contribution in [0.2, 0.25) is 0 Å². The molecule has 19 heavy (non-hydrogen) atoms. The maximum absolute atomic E-state index is 11.8. The molecule has 0 spiro atoms. The fourth-order valence-electron chi connectivity index (χ4n) is 2.56. The van der Waals surface area contributed by atoms with Crippen molar-refractivity contribution in [2.45, 2.75) is 18.9 Å². The number of methoxy groups -OCH3 is 2. The Morgan fingerprint density at radius 1 is 1.42 bits per heavy atom. The third kappa shape index (κ3) is 2.78. The number of hydrogen-bond donors (Lipinski definition) is 0. The van der Waals surface area contributed by atoms with Gasteiger partial charge in [-0.15, -0.1) is 11.6 Å². The van der Waals surface area contributed by atoms with Gasteiger partial charge in [-0.1, -0.05) is 0 Å². The average molecular weight is 284 g/mol. The lowest BCUT2D eigenvalue weighted by molar-refractivity contribution is -0.129. The average Bonchev–Trinajstić information content (AvgIpc) is 2.94. The summed E-state index contributed by atoms with van der Waals surface area (Å²) in [6.07, 6.45) is 1.92. The number of benzene rings is 1. The molecule has 0 N–H and O–H groups in total. The molecule has 2 rings (SSSR count). The van der Waals surface area contributed by atoms with Gasteiger partial charge in [0, 0.05) is 18.2 Å². The highest BCUT2D eigenvalue weighted by atomic mass is 35.5. The van der Waals surface area contributed by atoms with Crippen LogP contribution in [0.25, 0.3) is 0 Å². The van der Waals surface area contributed by atoms with Crippen molar-refractivity contribution in [3.8, 4) is 11.5 Å². The van der Waals surface area contributed by atoms with Crippen molar-refractivity contribution in [3.63, 3.8) is 0 Å². The van der Waals surface area contributed by atoms with Gasteiger partial charge in [0.15, 0.2) is 0 Å². The minimum atomic E-state index is -0.0259. The Hall–Kier alpha value is -1.42. The van der Waals surface area contributed by atoms with Crippen LogP contribution in [0.15, 0.2) is 18.2 Å². The highest BCUT2D eigenvalue weighted by molar-refractivity contribution is 6.27. The van der Waals surface area contributed by atoms with E-state index in [1.807, 2.05) is 23.1 Å². The van der Waals surface area contributed by atoms with Crippen molar-refractivity contribution in [1.29, 1.82) is 0 Å². The number of carbonyl (C=O) groups excluding carboxylic acids is 1. The summed E-state index contributed by atoms with van der Waals surface area (Å²) in [6.45, 7) is 0.755. The number of hydrogen-bond acceptors (Lipinski definition) is 3. The molecule has 1 fully saturated rings. The van der Waals surface area contributed by atoms with E-state index in [0.29, 0.717) is 0 Å². The van der Waals surface area contributed by atoms with Gasteiger partial charge in [-0.3, -0.25) is 4.79 Å². The van der Waals surface area contributed by atoms with E-state index in [9.17, 15) is 4.79 Å². The molecule has 0 bridgehead atoms. The molecule has 1 aromatic rings. The molecule has 0 radical (unpaired) electrons. The van der Waals surface area contributed by atoms with Crippen LogP contribution in [0, 0.1) is 0 Å². The number of carbonyl (C=O) groups is 1. The minimum absolute atomic E-state index is 0.0228. The summed E-state index contributed by atoms with van der Waals surface area (Å²) in [6, 6.07) is 5.74. The Morgan fingerprint density at radius 2 is 2.21 bits per heavy atom. The number of amides is 1. The van der Waals surface area contributed by atoms with Crippen LogP contribution >= 0.6 is 11.6 Å². The monoisotopic (exact) mass is 283 g/mol. The van der Waals surface area contributed by atoms with Crippen molar-refractivity contribution in [3.05, 3.63) is 23.8 Å². The summed E-state index contributed by atoms with van der Waals surface area (Å²) in [7, 11) is 3.24. The Balaban J connectivity index is 2.32. The van der Waals surface area contributed by atoms with E-state index in [4.69, 9.17) is 21.1 Å². The summed E-state index contributed by atoms with van der Waals surface area (Å²) in [4.78, 5) is 13.7. The first kappa shape index (κ1) is 14.0. The van der Waals surface area contributed by atoms with Gasteiger partial charge in [0.2, 0.25) is 5.91 Å². The van der Waals surface area contributed by atoms with E-state index >= 15 is 0 Å². The van der Waals surface area contributed by atoms with E-state index in [2.05, 4.69) is 0 Å². The van der Waals surface area contributed by atoms with Crippen LogP contribution in [0.3, 0.4) is 0 Å². The zero-order chi connectivity index (χ0) is 13.8. The van der Waals surface area contributed by atoms with Crippen molar-refractivity contribution in [2.24, 2.45) is 0 Å². The molecule has 1 amide bonds. The molecule has 1 aromatic carbocycles. The maximum Gasteiger partial charge on any atom is 0.238 e. The Kier molecular flexibility index (Phi) is 4.53. The van der Waals surface area contributed by atoms with Gasteiger partial charge >= 0.3 is 0 Å². The molecule has 0 aromatic heterocycles. The van der Waals surface area contributed by atoms with Crippen LogP contribution in [0.1, 0.15) is 24.4 Å². The molecule has 1 atom stereocenters. The van der Waals surface area contributed by atoms with E-state index < -0.39 is 0 Å². The third-order valence-corrected chi connectivity index (χ3v) is 3.72. The first-order chi connectivity index (χ1) is 9.21. The zero-order valence-electron chi connectivity index (χ0n) is 11.2. The van der Waals surface area contributed by atoms with Crippen LogP contribution in [0.4, 0.5) is 0 Å². The van der Waals surface area contributed by atoms with Crippen LogP contribution < -0.4 is 9.47 Å². The van der Waals surface area contributed by atoms with E-state index in [1.54, 1.807) is 14.2 Å². The standard InChI is InChI=1S/C14H18ClNO3/c1-18-10-5-6-11(13(8-10)19-2)12-4-3-7-16(12)14(17)9-15/h5-6,8,12H,3-4,7,9H2,1-2H3. The van der Waals surface area contributed by atoms with Crippen molar-refractivity contribution in [2.75, 3.05) is 26.6 Å². The largest absolute Gasteiger partial charge is 0.497 e. The fraction of sp³-hybridized carbons (Fsp3) is 0.500. The molecule has 0 aliphatic carbocycles. The first-order valence-electron chi connectivity index (χ1n) is 6.28. The molecular formula is C14H18ClNO3. The predicted molar refractivity (Wildman–Crippen MR) is 74.0 cm³/mol. The summed E-state index contributed by atoms with van der Waals surface area (Å²) in [5.41, 5.74) is 1.01. The fourth-order valence-corrected chi connectivity index (χ4v) is 2.71. The Bertz CT molecular complexity index is 464. The molecule has 1 heterocycles. The van der Waals surface area contributed by atoms with E-state index in [-0.39, 0.29) is 17.8 Å². The first-order valence-corrected chi connectivity index (χ1v) is 6.82. The van der Waals surface area contributed by atoms with Crippen LogP contribution in [-0.4, -0.2) is 37.5 Å². The van der Waals surface area contributed by atoms with E-state index in [0.717, 1.165) is 36.4 Å². The predicted octanol–water partition coefficient (Wildman–Crippen LogP) is 2.61. The molecule has 4 nitrogen and oxygen atoms in total. The lowest BCUT2D eigenvalue weighted by Crippen LogP contribution is -2.31. The van der Waals surface area contributed by atoms with Crippen molar-refractivity contribution < 1.29 is 14.3 Å². The molecule has 1 aliphatic heterocycles. The summed E-state index contributed by atoms with van der Waals surface area (Å²) >= 11 is 5.66. The number of likely N-dealkylation sites (tertiary alicyclic amines) is 1. The molecule has 0 saturated carbocycles. The molecule has 1 aliphatic rings. The van der Waals surface area contributed by atoms with Gasteiger partial charge in [0.05, 0.1) is 20.3 Å². The summed E-state index contributed by atoms with van der Waals surface area (Å²) < 4.78 is 10.6. The highest BCUT2D eigenvalue weighted by Crippen LogP contribution is 2.38. The normalized spacial score (nSPS) is 18.5.